The number of halogens is 2. The first-order valence-corrected chi connectivity index (χ1v) is 12.5. The van der Waals surface area contributed by atoms with Crippen LogP contribution in [0.5, 0.6) is 0 Å². The fourth-order valence-corrected chi connectivity index (χ4v) is 5.10. The van der Waals surface area contributed by atoms with Gasteiger partial charge in [0.05, 0.1) is 4.90 Å². The highest BCUT2D eigenvalue weighted by molar-refractivity contribution is 7.89. The third-order valence-electron chi connectivity index (χ3n) is 5.56. The Hall–Kier alpha value is -2.74. The Morgan fingerprint density at radius 1 is 1.06 bits per heavy atom. The largest absolute Gasteiger partial charge is 0.349 e. The van der Waals surface area contributed by atoms with E-state index in [-0.39, 0.29) is 35.5 Å². The number of nitrogens with one attached hydrogen (secondary N) is 1. The van der Waals surface area contributed by atoms with Crippen molar-refractivity contribution in [3.05, 3.63) is 99.8 Å². The predicted octanol–water partition coefficient (Wildman–Crippen LogP) is 5.07. The van der Waals surface area contributed by atoms with Gasteiger partial charge in [0.25, 0.3) is 5.91 Å². The number of aryl methyl sites for hydroxylation is 1. The molecule has 0 heterocycles. The van der Waals surface area contributed by atoms with E-state index in [0.717, 1.165) is 18.4 Å². The number of benzene rings is 3. The van der Waals surface area contributed by atoms with Crippen molar-refractivity contribution < 1.29 is 17.6 Å². The van der Waals surface area contributed by atoms with Gasteiger partial charge in [-0.15, -0.1) is 0 Å². The summed E-state index contributed by atoms with van der Waals surface area (Å²) in [6.45, 7) is 1.70. The predicted molar refractivity (Wildman–Crippen MR) is 126 cm³/mol. The Morgan fingerprint density at radius 3 is 2.39 bits per heavy atom. The monoisotopic (exact) mass is 486 g/mol. The molecule has 3 aromatic rings. The Labute approximate surface area is 198 Å². The van der Waals surface area contributed by atoms with Crippen molar-refractivity contribution in [3.63, 3.8) is 0 Å². The van der Waals surface area contributed by atoms with Crippen LogP contribution in [0.25, 0.3) is 0 Å². The number of nitrogens with zero attached hydrogens (tertiary/aromatic N) is 1. The van der Waals surface area contributed by atoms with Crippen molar-refractivity contribution in [3.8, 4) is 0 Å². The molecular weight excluding hydrogens is 463 g/mol. The molecule has 1 saturated carbocycles. The standard InChI is InChI=1S/C25H24ClFN2O3S/c1-17-14-18(6-13-23(17)25(30)28-21-9-10-21)15-29(16-19-4-2-3-5-24(19)27)33(31,32)22-11-7-20(26)8-12-22/h2-8,11-14,21H,9-10,15-16H2,1H3,(H,28,30). The molecular formula is C25H24ClFN2O3S. The maximum absolute atomic E-state index is 14.4. The number of amides is 1. The van der Waals surface area contributed by atoms with Gasteiger partial charge in [0.1, 0.15) is 5.82 Å². The molecule has 0 aromatic heterocycles. The third kappa shape index (κ3) is 5.61. The molecule has 172 valence electrons. The van der Waals surface area contributed by atoms with Crippen molar-refractivity contribution in [1.29, 1.82) is 0 Å². The molecule has 1 amide bonds. The van der Waals surface area contributed by atoms with Crippen LogP contribution in [0.15, 0.2) is 71.6 Å². The maximum atomic E-state index is 14.4. The van der Waals surface area contributed by atoms with Gasteiger partial charge in [-0.2, -0.15) is 4.31 Å². The minimum Gasteiger partial charge on any atom is -0.349 e. The van der Waals surface area contributed by atoms with E-state index in [0.29, 0.717) is 16.1 Å². The lowest BCUT2D eigenvalue weighted by molar-refractivity contribution is 0.0950. The fraction of sp³-hybridized carbons (Fsp3) is 0.240. The molecule has 1 aliphatic rings. The van der Waals surface area contributed by atoms with E-state index in [9.17, 15) is 17.6 Å². The summed E-state index contributed by atoms with van der Waals surface area (Å²) in [5.74, 6) is -0.601. The Kier molecular flexibility index (Phi) is 6.83. The highest BCUT2D eigenvalue weighted by atomic mass is 35.5. The summed E-state index contributed by atoms with van der Waals surface area (Å²) in [6.07, 6.45) is 1.99. The molecule has 5 nitrogen and oxygen atoms in total. The molecule has 0 aliphatic heterocycles. The molecule has 8 heteroatoms. The zero-order valence-electron chi connectivity index (χ0n) is 18.1. The molecule has 0 spiro atoms. The van der Waals surface area contributed by atoms with Gasteiger partial charge in [-0.1, -0.05) is 41.9 Å². The van der Waals surface area contributed by atoms with Gasteiger partial charge >= 0.3 is 0 Å². The lowest BCUT2D eigenvalue weighted by atomic mass is 10.0. The van der Waals surface area contributed by atoms with Crippen LogP contribution >= 0.6 is 11.6 Å². The van der Waals surface area contributed by atoms with Crippen LogP contribution in [0.3, 0.4) is 0 Å². The molecule has 0 saturated heterocycles. The normalized spacial score (nSPS) is 13.8. The third-order valence-corrected chi connectivity index (χ3v) is 7.62. The van der Waals surface area contributed by atoms with Gasteiger partial charge in [-0.3, -0.25) is 4.79 Å². The Morgan fingerprint density at radius 2 is 1.76 bits per heavy atom. The van der Waals surface area contributed by atoms with Crippen molar-refractivity contribution in [2.45, 2.75) is 43.8 Å². The molecule has 0 unspecified atom stereocenters. The quantitative estimate of drug-likeness (QED) is 0.483. The highest BCUT2D eigenvalue weighted by Crippen LogP contribution is 2.25. The summed E-state index contributed by atoms with van der Waals surface area (Å²) in [5.41, 5.74) is 2.28. The van der Waals surface area contributed by atoms with Crippen LogP contribution in [0, 0.1) is 12.7 Å². The molecule has 4 rings (SSSR count). The SMILES string of the molecule is Cc1cc(CN(Cc2ccccc2F)S(=O)(=O)c2ccc(Cl)cc2)ccc1C(=O)NC1CC1. The zero-order chi connectivity index (χ0) is 23.6. The number of carbonyl (C=O) groups is 1. The maximum Gasteiger partial charge on any atom is 0.251 e. The Balaban J connectivity index is 1.64. The van der Waals surface area contributed by atoms with Crippen LogP contribution in [0.2, 0.25) is 5.02 Å². The van der Waals surface area contributed by atoms with E-state index >= 15 is 0 Å². The van der Waals surface area contributed by atoms with Gasteiger partial charge in [0.2, 0.25) is 10.0 Å². The van der Waals surface area contributed by atoms with Crippen LogP contribution in [-0.2, 0) is 23.1 Å². The second-order valence-electron chi connectivity index (χ2n) is 8.22. The number of rotatable bonds is 8. The van der Waals surface area contributed by atoms with Crippen LogP contribution in [0.1, 0.15) is 39.9 Å². The number of carbonyl (C=O) groups excluding carboxylic acids is 1. The minimum atomic E-state index is -3.95. The molecule has 1 aliphatic carbocycles. The van der Waals surface area contributed by atoms with Crippen molar-refractivity contribution in [2.24, 2.45) is 0 Å². The summed E-state index contributed by atoms with van der Waals surface area (Å²) in [4.78, 5) is 12.5. The molecule has 0 atom stereocenters. The van der Waals surface area contributed by atoms with Gasteiger partial charge in [-0.05, 0) is 67.3 Å². The van der Waals surface area contributed by atoms with E-state index in [1.54, 1.807) is 36.4 Å². The summed E-state index contributed by atoms with van der Waals surface area (Å²) in [5, 5.41) is 3.38. The van der Waals surface area contributed by atoms with Crippen LogP contribution in [0.4, 0.5) is 4.39 Å². The molecule has 1 fully saturated rings. The molecule has 1 N–H and O–H groups in total. The van der Waals surface area contributed by atoms with Gasteiger partial charge in [-0.25, -0.2) is 12.8 Å². The van der Waals surface area contributed by atoms with Crippen molar-refractivity contribution in [2.75, 3.05) is 0 Å². The van der Waals surface area contributed by atoms with E-state index in [2.05, 4.69) is 5.32 Å². The summed E-state index contributed by atoms with van der Waals surface area (Å²) < 4.78 is 42.5. The number of hydrogen-bond donors (Lipinski definition) is 1. The summed E-state index contributed by atoms with van der Waals surface area (Å²) in [7, 11) is -3.95. The van der Waals surface area contributed by atoms with E-state index in [1.165, 1.54) is 34.6 Å². The Bertz CT molecular complexity index is 1280. The highest BCUT2D eigenvalue weighted by Gasteiger charge is 2.27. The lowest BCUT2D eigenvalue weighted by Crippen LogP contribution is -2.31. The van der Waals surface area contributed by atoms with E-state index in [4.69, 9.17) is 11.6 Å². The van der Waals surface area contributed by atoms with Crippen molar-refractivity contribution >= 4 is 27.5 Å². The second kappa shape index (κ2) is 9.63. The van der Waals surface area contributed by atoms with E-state index < -0.39 is 15.8 Å². The topological polar surface area (TPSA) is 66.5 Å². The van der Waals surface area contributed by atoms with Crippen LogP contribution in [-0.4, -0.2) is 24.7 Å². The molecule has 33 heavy (non-hydrogen) atoms. The van der Waals surface area contributed by atoms with Gasteiger partial charge in [0, 0.05) is 35.3 Å². The lowest BCUT2D eigenvalue weighted by Gasteiger charge is -2.23. The van der Waals surface area contributed by atoms with Crippen molar-refractivity contribution in [1.82, 2.24) is 9.62 Å². The number of sulfonamides is 1. The molecule has 3 aromatic carbocycles. The number of hydrogen-bond acceptors (Lipinski definition) is 3. The first-order valence-electron chi connectivity index (χ1n) is 10.6. The molecule has 0 radical (unpaired) electrons. The summed E-state index contributed by atoms with van der Waals surface area (Å²) >= 11 is 5.92. The average molecular weight is 487 g/mol. The summed E-state index contributed by atoms with van der Waals surface area (Å²) in [6, 6.07) is 17.5. The van der Waals surface area contributed by atoms with E-state index in [1.807, 2.05) is 6.92 Å². The minimum absolute atomic E-state index is 0.0185. The van der Waals surface area contributed by atoms with Crippen LogP contribution < -0.4 is 5.32 Å². The first-order chi connectivity index (χ1) is 15.7. The zero-order valence-corrected chi connectivity index (χ0v) is 19.7. The fourth-order valence-electron chi connectivity index (χ4n) is 3.57. The van der Waals surface area contributed by atoms with Gasteiger partial charge < -0.3 is 5.32 Å². The smallest absolute Gasteiger partial charge is 0.251 e. The van der Waals surface area contributed by atoms with Gasteiger partial charge in [0.15, 0.2) is 0 Å². The first kappa shape index (κ1) is 23.4. The average Bonchev–Trinajstić information content (AvgIpc) is 3.59. The molecule has 0 bridgehead atoms. The second-order valence-corrected chi connectivity index (χ2v) is 10.6.